The first-order valence-corrected chi connectivity index (χ1v) is 11.1. The minimum Gasteiger partial charge on any atom is -0.481 e. The minimum atomic E-state index is 0.00112. The van der Waals surface area contributed by atoms with Crippen LogP contribution in [0.3, 0.4) is 0 Å². The molecule has 2 aromatic rings. The molecule has 5 nitrogen and oxygen atoms in total. The van der Waals surface area contributed by atoms with E-state index in [1.54, 1.807) is 11.3 Å². The zero-order valence-electron chi connectivity index (χ0n) is 15.5. The number of rotatable bonds is 7. The van der Waals surface area contributed by atoms with Gasteiger partial charge in [-0.1, -0.05) is 13.0 Å². The van der Waals surface area contributed by atoms with E-state index in [1.807, 2.05) is 18.2 Å². The monoisotopic (exact) mass is 452 g/mol. The molecule has 0 N–H and O–H groups in total. The van der Waals surface area contributed by atoms with Gasteiger partial charge in [0.15, 0.2) is 11.5 Å². The minimum absolute atomic E-state index is 0.00112. The normalized spacial score (nSPS) is 18.6. The molecule has 4 rings (SSSR count). The maximum absolute atomic E-state index is 6.44. The Morgan fingerprint density at radius 2 is 1.93 bits per heavy atom. The van der Waals surface area contributed by atoms with Gasteiger partial charge in [-0.15, -0.1) is 11.3 Å². The summed E-state index contributed by atoms with van der Waals surface area (Å²) in [6, 6.07) is 10.1. The van der Waals surface area contributed by atoms with Crippen molar-refractivity contribution in [3.63, 3.8) is 0 Å². The molecule has 27 heavy (non-hydrogen) atoms. The molecular formula is C20H25BrN2O3S. The highest BCUT2D eigenvalue weighted by atomic mass is 79.9. The van der Waals surface area contributed by atoms with Gasteiger partial charge in [-0.3, -0.25) is 0 Å². The molecule has 1 aromatic heterocycles. The van der Waals surface area contributed by atoms with E-state index in [1.165, 1.54) is 4.88 Å². The topological polar surface area (TPSA) is 34.2 Å². The largest absolute Gasteiger partial charge is 0.481 e. The van der Waals surface area contributed by atoms with Gasteiger partial charge >= 0.3 is 0 Å². The fourth-order valence-corrected chi connectivity index (χ4v) is 5.03. The summed E-state index contributed by atoms with van der Waals surface area (Å²) in [7, 11) is 0. The molecule has 1 aromatic carbocycles. The van der Waals surface area contributed by atoms with Crippen LogP contribution in [-0.4, -0.2) is 55.9 Å². The van der Waals surface area contributed by atoms with Crippen LogP contribution in [0.5, 0.6) is 17.2 Å². The van der Waals surface area contributed by atoms with E-state index in [4.69, 9.17) is 14.2 Å². The predicted octanol–water partition coefficient (Wildman–Crippen LogP) is 4.39. The van der Waals surface area contributed by atoms with Gasteiger partial charge in [-0.2, -0.15) is 0 Å². The van der Waals surface area contributed by atoms with Crippen molar-refractivity contribution in [2.45, 2.75) is 19.4 Å². The number of ether oxygens (including phenoxy) is 3. The average molecular weight is 453 g/mol. The third-order valence-corrected chi connectivity index (χ3v) is 6.88. The van der Waals surface area contributed by atoms with Gasteiger partial charge in [0, 0.05) is 44.0 Å². The van der Waals surface area contributed by atoms with Gasteiger partial charge in [0.2, 0.25) is 12.5 Å². The zero-order valence-corrected chi connectivity index (χ0v) is 17.9. The van der Waals surface area contributed by atoms with Crippen LogP contribution in [-0.2, 0) is 0 Å². The number of fused-ring (bicyclic) bond motifs is 1. The Morgan fingerprint density at radius 3 is 2.67 bits per heavy atom. The van der Waals surface area contributed by atoms with Crippen molar-refractivity contribution in [3.05, 3.63) is 39.0 Å². The average Bonchev–Trinajstić information content (AvgIpc) is 3.35. The summed E-state index contributed by atoms with van der Waals surface area (Å²) < 4.78 is 18.7. The van der Waals surface area contributed by atoms with Crippen molar-refractivity contribution < 1.29 is 14.2 Å². The summed E-state index contributed by atoms with van der Waals surface area (Å²) in [5.41, 5.74) is 0. The molecule has 3 heterocycles. The Bertz CT molecular complexity index is 761. The van der Waals surface area contributed by atoms with Gasteiger partial charge in [0.1, 0.15) is 6.10 Å². The first-order valence-electron chi connectivity index (χ1n) is 9.48. The number of likely N-dealkylation sites (N-methyl/N-ethyl adjacent to an activating group) is 1. The van der Waals surface area contributed by atoms with E-state index < -0.39 is 0 Å². The number of nitrogens with zero attached hydrogens (tertiary/aromatic N) is 2. The number of thiophene rings is 1. The lowest BCUT2D eigenvalue weighted by Crippen LogP contribution is -2.46. The third-order valence-electron chi connectivity index (χ3n) is 5.16. The smallest absolute Gasteiger partial charge is 0.231 e. The fourth-order valence-electron chi connectivity index (χ4n) is 3.54. The van der Waals surface area contributed by atoms with Gasteiger partial charge in [-0.25, -0.2) is 0 Å². The number of para-hydroxylation sites is 1. The van der Waals surface area contributed by atoms with E-state index in [9.17, 15) is 0 Å². The second-order valence-electron chi connectivity index (χ2n) is 6.80. The summed E-state index contributed by atoms with van der Waals surface area (Å²) in [4.78, 5) is 6.27. The maximum Gasteiger partial charge on any atom is 0.231 e. The van der Waals surface area contributed by atoms with E-state index in [0.717, 1.165) is 66.7 Å². The summed E-state index contributed by atoms with van der Waals surface area (Å²) >= 11 is 5.31. The van der Waals surface area contributed by atoms with Crippen molar-refractivity contribution in [1.29, 1.82) is 0 Å². The molecule has 2 aliphatic heterocycles. The van der Waals surface area contributed by atoms with Crippen molar-refractivity contribution in [2.24, 2.45) is 0 Å². The van der Waals surface area contributed by atoms with Crippen molar-refractivity contribution in [3.8, 4) is 17.2 Å². The lowest BCUT2D eigenvalue weighted by atomic mass is 10.2. The molecule has 146 valence electrons. The van der Waals surface area contributed by atoms with E-state index in [0.29, 0.717) is 0 Å². The lowest BCUT2D eigenvalue weighted by molar-refractivity contribution is 0.112. The molecule has 0 saturated carbocycles. The highest BCUT2D eigenvalue weighted by Gasteiger charge is 2.24. The predicted molar refractivity (Wildman–Crippen MR) is 111 cm³/mol. The first-order chi connectivity index (χ1) is 13.2. The standard InChI is InChI=1S/C20H25BrN2O3S/c1-2-22-10-12-23(13-11-22)9-8-15(18-6-7-19(21)27-18)26-17-5-3-4-16-20(17)25-14-24-16/h3-7,15H,2,8-14H2,1H3/t15-/m0/s1. The number of benzene rings is 1. The van der Waals surface area contributed by atoms with Gasteiger partial charge < -0.3 is 24.0 Å². The molecule has 0 bridgehead atoms. The number of halogens is 1. The Balaban J connectivity index is 1.45. The van der Waals surface area contributed by atoms with E-state index in [-0.39, 0.29) is 12.9 Å². The Morgan fingerprint density at radius 1 is 1.11 bits per heavy atom. The van der Waals surface area contributed by atoms with Crippen LogP contribution < -0.4 is 14.2 Å². The molecule has 0 unspecified atom stereocenters. The quantitative estimate of drug-likeness (QED) is 0.622. The van der Waals surface area contributed by atoms with Gasteiger partial charge in [0.05, 0.1) is 3.79 Å². The molecule has 0 radical (unpaired) electrons. The molecule has 0 spiro atoms. The van der Waals surface area contributed by atoms with Crippen LogP contribution in [0.4, 0.5) is 0 Å². The number of hydrogen-bond donors (Lipinski definition) is 0. The molecule has 2 aliphatic rings. The Labute approximate surface area is 172 Å². The van der Waals surface area contributed by atoms with Gasteiger partial charge in [-0.05, 0) is 46.7 Å². The van der Waals surface area contributed by atoms with Crippen LogP contribution in [0.1, 0.15) is 24.3 Å². The summed E-state index contributed by atoms with van der Waals surface area (Å²) in [6.45, 7) is 9.24. The second kappa shape index (κ2) is 8.82. The molecular weight excluding hydrogens is 428 g/mol. The molecule has 0 amide bonds. The van der Waals surface area contributed by atoms with Crippen molar-refractivity contribution in [2.75, 3.05) is 46.1 Å². The van der Waals surface area contributed by atoms with Crippen LogP contribution in [0.15, 0.2) is 34.1 Å². The molecule has 1 fully saturated rings. The van der Waals surface area contributed by atoms with Gasteiger partial charge in [0.25, 0.3) is 0 Å². The Hall–Kier alpha value is -1.28. The highest BCUT2D eigenvalue weighted by Crippen LogP contribution is 2.43. The fraction of sp³-hybridized carbons (Fsp3) is 0.500. The summed E-state index contributed by atoms with van der Waals surface area (Å²) in [5, 5.41) is 0. The molecule has 7 heteroatoms. The molecule has 1 atom stereocenters. The molecule has 1 saturated heterocycles. The summed E-state index contributed by atoms with van der Waals surface area (Å²) in [6.07, 6.45) is 0.949. The van der Waals surface area contributed by atoms with Crippen molar-refractivity contribution in [1.82, 2.24) is 9.80 Å². The SMILES string of the molecule is CCN1CCN(CC[C@H](Oc2cccc3c2OCO3)c2ccc(Br)s2)CC1. The van der Waals surface area contributed by atoms with E-state index >= 15 is 0 Å². The number of hydrogen-bond acceptors (Lipinski definition) is 6. The van der Waals surface area contributed by atoms with Crippen LogP contribution in [0.25, 0.3) is 0 Å². The Kier molecular flexibility index (Phi) is 6.22. The summed E-state index contributed by atoms with van der Waals surface area (Å²) in [5.74, 6) is 2.24. The lowest BCUT2D eigenvalue weighted by Gasteiger charge is -2.34. The van der Waals surface area contributed by atoms with Crippen molar-refractivity contribution >= 4 is 27.3 Å². The first kappa shape index (κ1) is 19.1. The van der Waals surface area contributed by atoms with Crippen LogP contribution in [0.2, 0.25) is 0 Å². The zero-order chi connectivity index (χ0) is 18.6. The van der Waals surface area contributed by atoms with E-state index in [2.05, 4.69) is 44.8 Å². The van der Waals surface area contributed by atoms with Crippen LogP contribution >= 0.6 is 27.3 Å². The highest BCUT2D eigenvalue weighted by molar-refractivity contribution is 9.11. The number of piperazine rings is 1. The molecule has 0 aliphatic carbocycles. The maximum atomic E-state index is 6.44. The van der Waals surface area contributed by atoms with Crippen LogP contribution in [0, 0.1) is 0 Å². The second-order valence-corrected chi connectivity index (χ2v) is 9.30. The third kappa shape index (κ3) is 4.59.